The van der Waals surface area contributed by atoms with Crippen molar-refractivity contribution in [3.63, 3.8) is 0 Å². The summed E-state index contributed by atoms with van der Waals surface area (Å²) in [5, 5.41) is 2.71. The molecule has 1 aromatic carbocycles. The van der Waals surface area contributed by atoms with Crippen molar-refractivity contribution >= 4 is 23.7 Å². The molecule has 0 spiro atoms. The Hall–Kier alpha value is -1.47. The lowest BCUT2D eigenvalue weighted by atomic mass is 10.2. The van der Waals surface area contributed by atoms with Crippen molar-refractivity contribution in [2.75, 3.05) is 13.2 Å². The molecular formula is C16H20F3NO2S. The van der Waals surface area contributed by atoms with Gasteiger partial charge in [0.2, 0.25) is 5.91 Å². The van der Waals surface area contributed by atoms with E-state index in [1.54, 1.807) is 6.08 Å². The molecule has 0 saturated carbocycles. The quantitative estimate of drug-likeness (QED) is 0.434. The largest absolute Gasteiger partial charge is 0.446 e. The number of hydrogen-bond acceptors (Lipinski definition) is 3. The van der Waals surface area contributed by atoms with Crippen molar-refractivity contribution in [1.29, 1.82) is 0 Å². The Kier molecular flexibility index (Phi) is 8.19. The number of hydrogen-bond donors (Lipinski definition) is 1. The van der Waals surface area contributed by atoms with Crippen LogP contribution < -0.4 is 5.32 Å². The van der Waals surface area contributed by atoms with Gasteiger partial charge in [0.05, 0.1) is 6.10 Å². The molecule has 0 atom stereocenters. The first kappa shape index (κ1) is 19.6. The number of carbonyl (C=O) groups excluding carboxylic acids is 1. The first-order chi connectivity index (χ1) is 10.8. The van der Waals surface area contributed by atoms with Crippen LogP contribution in [0.2, 0.25) is 0 Å². The normalized spacial score (nSPS) is 12.1. The summed E-state index contributed by atoms with van der Waals surface area (Å²) in [6, 6.07) is 5.82. The Balaban J connectivity index is 2.34. The van der Waals surface area contributed by atoms with E-state index < -0.39 is 5.51 Å². The number of ether oxygens (including phenoxy) is 1. The van der Waals surface area contributed by atoms with Crippen LogP contribution in [0.25, 0.3) is 6.08 Å². The number of thioether (sulfide) groups is 1. The molecule has 1 aromatic rings. The minimum Gasteiger partial charge on any atom is -0.379 e. The van der Waals surface area contributed by atoms with Gasteiger partial charge in [-0.25, -0.2) is 0 Å². The lowest BCUT2D eigenvalue weighted by Crippen LogP contribution is -2.23. The highest BCUT2D eigenvalue weighted by atomic mass is 32.2. The molecule has 23 heavy (non-hydrogen) atoms. The Labute approximate surface area is 138 Å². The number of halogens is 3. The molecule has 0 heterocycles. The van der Waals surface area contributed by atoms with Crippen molar-refractivity contribution in [2.45, 2.75) is 36.8 Å². The molecule has 0 radical (unpaired) electrons. The van der Waals surface area contributed by atoms with E-state index in [9.17, 15) is 18.0 Å². The fourth-order valence-electron chi connectivity index (χ4n) is 1.61. The van der Waals surface area contributed by atoms with Crippen molar-refractivity contribution in [3.8, 4) is 0 Å². The minimum atomic E-state index is -4.30. The van der Waals surface area contributed by atoms with Gasteiger partial charge in [0, 0.05) is 24.1 Å². The van der Waals surface area contributed by atoms with Gasteiger partial charge in [0.25, 0.3) is 0 Å². The van der Waals surface area contributed by atoms with Crippen LogP contribution >= 0.6 is 11.8 Å². The summed E-state index contributed by atoms with van der Waals surface area (Å²) >= 11 is -0.164. The second kappa shape index (κ2) is 9.62. The fraction of sp³-hybridized carbons (Fsp3) is 0.438. The molecule has 0 aromatic heterocycles. The number of nitrogens with one attached hydrogen (secondary N) is 1. The molecule has 3 nitrogen and oxygen atoms in total. The summed E-state index contributed by atoms with van der Waals surface area (Å²) in [4.78, 5) is 11.7. The van der Waals surface area contributed by atoms with Gasteiger partial charge in [-0.2, -0.15) is 13.2 Å². The van der Waals surface area contributed by atoms with Crippen molar-refractivity contribution in [1.82, 2.24) is 5.32 Å². The smallest absolute Gasteiger partial charge is 0.379 e. The second-order valence-electron chi connectivity index (χ2n) is 5.01. The number of carbonyl (C=O) groups is 1. The van der Waals surface area contributed by atoms with Crippen molar-refractivity contribution < 1.29 is 22.7 Å². The van der Waals surface area contributed by atoms with E-state index in [0.29, 0.717) is 18.7 Å². The third-order valence-corrected chi connectivity index (χ3v) is 3.35. The van der Waals surface area contributed by atoms with Crippen molar-refractivity contribution in [3.05, 3.63) is 35.9 Å². The standard InChI is InChI=1S/C16H20F3NO2S/c1-12(2)22-11-3-10-20-15(21)9-6-13-4-7-14(8-5-13)23-16(17,18)19/h4-9,12H,3,10-11H2,1-2H3,(H,20,21)/b9-6+. The maximum atomic E-state index is 12.2. The molecule has 0 aliphatic rings. The molecule has 0 saturated heterocycles. The summed E-state index contributed by atoms with van der Waals surface area (Å²) in [7, 11) is 0. The molecule has 0 fully saturated rings. The predicted molar refractivity (Wildman–Crippen MR) is 86.1 cm³/mol. The van der Waals surface area contributed by atoms with Crippen LogP contribution in [0.15, 0.2) is 35.2 Å². The van der Waals surface area contributed by atoms with Crippen LogP contribution in [0.5, 0.6) is 0 Å². The number of rotatable bonds is 8. The Morgan fingerprint density at radius 2 is 1.96 bits per heavy atom. The third kappa shape index (κ3) is 10.0. The summed E-state index contributed by atoms with van der Waals surface area (Å²) in [6.45, 7) is 4.98. The average Bonchev–Trinajstić information content (AvgIpc) is 2.44. The monoisotopic (exact) mass is 347 g/mol. The van der Waals surface area contributed by atoms with Crippen LogP contribution in [-0.4, -0.2) is 30.7 Å². The highest BCUT2D eigenvalue weighted by molar-refractivity contribution is 8.00. The third-order valence-electron chi connectivity index (χ3n) is 2.61. The lowest BCUT2D eigenvalue weighted by Gasteiger charge is -2.07. The van der Waals surface area contributed by atoms with E-state index >= 15 is 0 Å². The average molecular weight is 347 g/mol. The van der Waals surface area contributed by atoms with Crippen LogP contribution in [0.1, 0.15) is 25.8 Å². The van der Waals surface area contributed by atoms with Gasteiger partial charge in [0.1, 0.15) is 0 Å². The first-order valence-electron chi connectivity index (χ1n) is 7.19. The zero-order chi connectivity index (χ0) is 17.3. The zero-order valence-corrected chi connectivity index (χ0v) is 13.8. The van der Waals surface area contributed by atoms with Crippen LogP contribution in [-0.2, 0) is 9.53 Å². The van der Waals surface area contributed by atoms with Gasteiger partial charge in [0.15, 0.2) is 0 Å². The topological polar surface area (TPSA) is 38.3 Å². The number of amides is 1. The van der Waals surface area contributed by atoms with E-state index in [1.165, 1.54) is 30.3 Å². The summed E-state index contributed by atoms with van der Waals surface area (Å²) in [5.41, 5.74) is -3.63. The van der Waals surface area contributed by atoms with E-state index in [1.807, 2.05) is 13.8 Å². The maximum Gasteiger partial charge on any atom is 0.446 e. The Bertz CT molecular complexity index is 513. The van der Waals surface area contributed by atoms with Crippen LogP contribution in [0.4, 0.5) is 13.2 Å². The SMILES string of the molecule is CC(C)OCCCNC(=O)/C=C/c1ccc(SC(F)(F)F)cc1. The maximum absolute atomic E-state index is 12.2. The predicted octanol–water partition coefficient (Wildman–Crippen LogP) is 4.24. The molecule has 128 valence electrons. The minimum absolute atomic E-state index is 0.115. The summed E-state index contributed by atoms with van der Waals surface area (Å²) in [6.07, 6.45) is 3.81. The molecule has 1 N–H and O–H groups in total. The zero-order valence-electron chi connectivity index (χ0n) is 13.0. The van der Waals surface area contributed by atoms with Gasteiger partial charge < -0.3 is 10.1 Å². The van der Waals surface area contributed by atoms with Crippen LogP contribution in [0.3, 0.4) is 0 Å². The highest BCUT2D eigenvalue weighted by Crippen LogP contribution is 2.36. The van der Waals surface area contributed by atoms with Gasteiger partial charge in [-0.1, -0.05) is 12.1 Å². The molecule has 1 rings (SSSR count). The second-order valence-corrected chi connectivity index (χ2v) is 6.15. The Morgan fingerprint density at radius 1 is 1.30 bits per heavy atom. The summed E-state index contributed by atoms with van der Waals surface area (Å²) < 4.78 is 41.9. The van der Waals surface area contributed by atoms with Gasteiger partial charge in [-0.3, -0.25) is 4.79 Å². The number of alkyl halides is 3. The molecule has 0 aliphatic heterocycles. The van der Waals surface area contributed by atoms with Gasteiger partial charge in [-0.15, -0.1) is 0 Å². The van der Waals surface area contributed by atoms with Gasteiger partial charge >= 0.3 is 5.51 Å². The molecule has 7 heteroatoms. The first-order valence-corrected chi connectivity index (χ1v) is 8.01. The molecule has 0 aliphatic carbocycles. The fourth-order valence-corrected chi connectivity index (χ4v) is 2.15. The Morgan fingerprint density at radius 3 is 2.52 bits per heavy atom. The summed E-state index contributed by atoms with van der Waals surface area (Å²) in [5.74, 6) is -0.247. The van der Waals surface area contributed by atoms with Crippen LogP contribution in [0, 0.1) is 0 Å². The molecule has 0 unspecified atom stereocenters. The van der Waals surface area contributed by atoms with Gasteiger partial charge in [-0.05, 0) is 55.8 Å². The molecular weight excluding hydrogens is 327 g/mol. The van der Waals surface area contributed by atoms with E-state index in [2.05, 4.69) is 5.32 Å². The molecule has 0 bridgehead atoms. The van der Waals surface area contributed by atoms with E-state index in [4.69, 9.17) is 4.74 Å². The van der Waals surface area contributed by atoms with E-state index in [0.717, 1.165) is 6.42 Å². The highest BCUT2D eigenvalue weighted by Gasteiger charge is 2.28. The number of benzene rings is 1. The lowest BCUT2D eigenvalue weighted by molar-refractivity contribution is -0.116. The van der Waals surface area contributed by atoms with E-state index in [-0.39, 0.29) is 28.7 Å². The molecule has 1 amide bonds. The van der Waals surface area contributed by atoms with Crippen molar-refractivity contribution in [2.24, 2.45) is 0 Å².